The summed E-state index contributed by atoms with van der Waals surface area (Å²) in [5, 5.41) is 4.14. The van der Waals surface area contributed by atoms with Crippen LogP contribution >= 0.6 is 23.2 Å². The van der Waals surface area contributed by atoms with E-state index in [4.69, 9.17) is 23.2 Å². The summed E-state index contributed by atoms with van der Waals surface area (Å²) in [6.07, 6.45) is 1.81. The second-order valence-electron chi connectivity index (χ2n) is 7.90. The molecule has 1 aliphatic carbocycles. The Morgan fingerprint density at radius 1 is 1.07 bits per heavy atom. The van der Waals surface area contributed by atoms with E-state index in [2.05, 4.69) is 10.0 Å². The quantitative estimate of drug-likeness (QED) is 0.701. The van der Waals surface area contributed by atoms with Gasteiger partial charge >= 0.3 is 0 Å². The summed E-state index contributed by atoms with van der Waals surface area (Å²) in [4.78, 5) is 13.9. The first-order valence-corrected chi connectivity index (χ1v) is 11.7. The number of carbonyl (C=O) groups excluding carboxylic acids is 1. The van der Waals surface area contributed by atoms with Crippen LogP contribution in [-0.4, -0.2) is 32.8 Å². The predicted molar refractivity (Wildman–Crippen MR) is 114 cm³/mol. The predicted octanol–water partition coefficient (Wildman–Crippen LogP) is 3.61. The van der Waals surface area contributed by atoms with Gasteiger partial charge in [-0.1, -0.05) is 41.4 Å². The van der Waals surface area contributed by atoms with E-state index in [-0.39, 0.29) is 17.2 Å². The van der Waals surface area contributed by atoms with Crippen molar-refractivity contribution in [2.75, 3.05) is 13.1 Å². The number of nitrogens with one attached hydrogen (secondary N) is 2. The molecule has 8 heteroatoms. The maximum atomic E-state index is 13.8. The average Bonchev–Trinajstić information content (AvgIpc) is 3.36. The van der Waals surface area contributed by atoms with Crippen molar-refractivity contribution in [3.8, 4) is 0 Å². The van der Waals surface area contributed by atoms with Crippen LogP contribution in [-0.2, 0) is 20.2 Å². The molecule has 0 unspecified atom stereocenters. The molecule has 2 aromatic carbocycles. The number of carbonyl (C=O) groups is 1. The highest BCUT2D eigenvalue weighted by molar-refractivity contribution is 7.89. The maximum Gasteiger partial charge on any atom is 0.241 e. The largest absolute Gasteiger partial charge is 0.314 e. The van der Waals surface area contributed by atoms with Crippen LogP contribution < -0.4 is 10.0 Å². The zero-order valence-electron chi connectivity index (χ0n) is 16.0. The third-order valence-corrected chi connectivity index (χ3v) is 8.35. The highest BCUT2D eigenvalue weighted by atomic mass is 35.5. The fraction of sp³-hybridized carbons (Fsp3) is 0.381. The van der Waals surface area contributed by atoms with E-state index >= 15 is 0 Å². The van der Waals surface area contributed by atoms with Crippen LogP contribution in [0.4, 0.5) is 0 Å². The molecule has 154 valence electrons. The SMILES string of the molecule is Cc1c(Cl)cccc1S(=O)(=O)N[C@@]1(C(=O)C2(c3ccc(Cl)cc3)CC2)CCNC1. The van der Waals surface area contributed by atoms with Gasteiger partial charge in [-0.2, -0.15) is 4.72 Å². The van der Waals surface area contributed by atoms with Crippen molar-refractivity contribution in [2.24, 2.45) is 0 Å². The minimum atomic E-state index is -3.94. The highest BCUT2D eigenvalue weighted by Gasteiger charge is 2.59. The molecule has 4 rings (SSSR count). The van der Waals surface area contributed by atoms with Crippen LogP contribution in [0, 0.1) is 6.92 Å². The van der Waals surface area contributed by atoms with Crippen molar-refractivity contribution in [1.29, 1.82) is 0 Å². The Morgan fingerprint density at radius 3 is 2.34 bits per heavy atom. The molecule has 0 spiro atoms. The van der Waals surface area contributed by atoms with Crippen LogP contribution in [0.15, 0.2) is 47.4 Å². The zero-order valence-corrected chi connectivity index (χ0v) is 18.3. The van der Waals surface area contributed by atoms with Crippen molar-refractivity contribution in [3.05, 3.63) is 63.6 Å². The number of halogens is 2. The van der Waals surface area contributed by atoms with E-state index in [9.17, 15) is 13.2 Å². The number of rotatable bonds is 6. The van der Waals surface area contributed by atoms with E-state index in [1.807, 2.05) is 12.1 Å². The van der Waals surface area contributed by atoms with Crippen molar-refractivity contribution in [3.63, 3.8) is 0 Å². The molecule has 0 radical (unpaired) electrons. The summed E-state index contributed by atoms with van der Waals surface area (Å²) >= 11 is 12.1. The van der Waals surface area contributed by atoms with E-state index in [1.54, 1.807) is 31.2 Å². The second-order valence-corrected chi connectivity index (χ2v) is 10.4. The van der Waals surface area contributed by atoms with Crippen molar-refractivity contribution in [2.45, 2.75) is 42.0 Å². The number of sulfonamides is 1. The van der Waals surface area contributed by atoms with Crippen LogP contribution in [0.5, 0.6) is 0 Å². The average molecular weight is 453 g/mol. The van der Waals surface area contributed by atoms with Gasteiger partial charge in [0.1, 0.15) is 5.54 Å². The van der Waals surface area contributed by atoms with Crippen LogP contribution in [0.25, 0.3) is 0 Å². The second kappa shape index (κ2) is 7.36. The Kier molecular flexibility index (Phi) is 5.28. The topological polar surface area (TPSA) is 75.3 Å². The fourth-order valence-electron chi connectivity index (χ4n) is 4.21. The summed E-state index contributed by atoms with van der Waals surface area (Å²) < 4.78 is 29.2. The number of benzene rings is 2. The summed E-state index contributed by atoms with van der Waals surface area (Å²) in [5.41, 5.74) is -0.503. The Morgan fingerprint density at radius 2 is 1.76 bits per heavy atom. The van der Waals surface area contributed by atoms with Crippen LogP contribution in [0.2, 0.25) is 10.0 Å². The first-order chi connectivity index (χ1) is 13.7. The lowest BCUT2D eigenvalue weighted by molar-refractivity contribution is -0.126. The highest BCUT2D eigenvalue weighted by Crippen LogP contribution is 2.52. The molecule has 1 atom stereocenters. The van der Waals surface area contributed by atoms with Gasteiger partial charge in [0.2, 0.25) is 10.0 Å². The van der Waals surface area contributed by atoms with Gasteiger partial charge in [0.25, 0.3) is 0 Å². The number of ketones is 1. The molecule has 1 aliphatic heterocycles. The monoisotopic (exact) mass is 452 g/mol. The zero-order chi connectivity index (χ0) is 20.9. The lowest BCUT2D eigenvalue weighted by Gasteiger charge is -2.32. The van der Waals surface area contributed by atoms with Crippen molar-refractivity contribution < 1.29 is 13.2 Å². The number of hydrogen-bond acceptors (Lipinski definition) is 4. The molecule has 5 nitrogen and oxygen atoms in total. The Balaban J connectivity index is 1.71. The fourth-order valence-corrected chi connectivity index (χ4v) is 6.23. The Hall–Kier alpha value is -1.44. The van der Waals surface area contributed by atoms with E-state index < -0.39 is 21.0 Å². The number of Topliss-reactive ketones (excluding diaryl/α,β-unsaturated/α-hetero) is 1. The minimum Gasteiger partial charge on any atom is -0.314 e. The van der Waals surface area contributed by atoms with Crippen molar-refractivity contribution in [1.82, 2.24) is 10.0 Å². The molecule has 2 N–H and O–H groups in total. The molecule has 0 bridgehead atoms. The molecular formula is C21H22Cl2N2O3S. The summed E-state index contributed by atoms with van der Waals surface area (Å²) in [7, 11) is -3.94. The van der Waals surface area contributed by atoms with Gasteiger partial charge in [0.15, 0.2) is 5.78 Å². The molecule has 2 aliphatic rings. The molecule has 1 saturated heterocycles. The molecular weight excluding hydrogens is 431 g/mol. The lowest BCUT2D eigenvalue weighted by atomic mass is 9.79. The lowest BCUT2D eigenvalue weighted by Crippen LogP contribution is -2.59. The van der Waals surface area contributed by atoms with Gasteiger partial charge in [0.05, 0.1) is 10.3 Å². The van der Waals surface area contributed by atoms with E-state index in [0.29, 0.717) is 41.4 Å². The summed E-state index contributed by atoms with van der Waals surface area (Å²) in [6, 6.07) is 12.0. The normalized spacial score (nSPS) is 23.1. The van der Waals surface area contributed by atoms with Gasteiger partial charge in [-0.25, -0.2) is 8.42 Å². The molecule has 0 aromatic heterocycles. The first-order valence-electron chi connectivity index (χ1n) is 9.51. The minimum absolute atomic E-state index is 0.0828. The number of hydrogen-bond donors (Lipinski definition) is 2. The maximum absolute atomic E-state index is 13.8. The van der Waals surface area contributed by atoms with Crippen LogP contribution in [0.3, 0.4) is 0 Å². The Bertz CT molecular complexity index is 1060. The third kappa shape index (κ3) is 3.62. The van der Waals surface area contributed by atoms with Gasteiger partial charge in [0, 0.05) is 16.6 Å². The van der Waals surface area contributed by atoms with E-state index in [1.165, 1.54) is 6.07 Å². The van der Waals surface area contributed by atoms with E-state index in [0.717, 1.165) is 5.56 Å². The van der Waals surface area contributed by atoms with Gasteiger partial charge < -0.3 is 5.32 Å². The first kappa shape index (κ1) is 20.8. The standard InChI is InChI=1S/C21H22Cl2N2O3S/c1-14-17(23)3-2-4-18(14)29(27,28)25-21(11-12-24-13-21)19(26)20(9-10-20)15-5-7-16(22)8-6-15/h2-8,24-25H,9-13H2,1H3/t21-/m0/s1. The molecule has 29 heavy (non-hydrogen) atoms. The smallest absolute Gasteiger partial charge is 0.241 e. The Labute approximate surface area is 180 Å². The third-order valence-electron chi connectivity index (χ3n) is 6.01. The summed E-state index contributed by atoms with van der Waals surface area (Å²) in [5.74, 6) is -0.0828. The van der Waals surface area contributed by atoms with Crippen LogP contribution in [0.1, 0.15) is 30.4 Å². The van der Waals surface area contributed by atoms with Gasteiger partial charge in [-0.15, -0.1) is 0 Å². The molecule has 0 amide bonds. The molecule has 1 saturated carbocycles. The van der Waals surface area contributed by atoms with Gasteiger partial charge in [-0.05, 0) is 68.1 Å². The summed E-state index contributed by atoms with van der Waals surface area (Å²) in [6.45, 7) is 2.49. The van der Waals surface area contributed by atoms with Crippen molar-refractivity contribution >= 4 is 39.0 Å². The molecule has 1 heterocycles. The molecule has 2 aromatic rings. The van der Waals surface area contributed by atoms with Gasteiger partial charge in [-0.3, -0.25) is 4.79 Å². The molecule has 2 fully saturated rings.